The fraction of sp³-hybridized carbons (Fsp3) is 0.524. The predicted molar refractivity (Wildman–Crippen MR) is 118 cm³/mol. The largest absolute Gasteiger partial charge is 0.354 e. The highest BCUT2D eigenvalue weighted by atomic mass is 79.9. The summed E-state index contributed by atoms with van der Waals surface area (Å²) < 4.78 is 11.2. The molecule has 2 amide bonds. The zero-order valence-corrected chi connectivity index (χ0v) is 19.1. The molecule has 3 rings (SSSR count). The number of ether oxygens (including phenoxy) is 2. The van der Waals surface area contributed by atoms with Crippen molar-refractivity contribution in [3.05, 3.63) is 39.2 Å². The third-order valence-corrected chi connectivity index (χ3v) is 7.16. The zero-order valence-electron chi connectivity index (χ0n) is 16.7. The first-order valence-electron chi connectivity index (χ1n) is 9.79. The minimum absolute atomic E-state index is 0.0521. The van der Waals surface area contributed by atoms with Gasteiger partial charge in [0.25, 0.3) is 5.91 Å². The summed E-state index contributed by atoms with van der Waals surface area (Å²) in [5.74, 6) is -0.265. The highest BCUT2D eigenvalue weighted by molar-refractivity contribution is 9.10. The van der Waals surface area contributed by atoms with Crippen molar-refractivity contribution in [3.63, 3.8) is 0 Å². The van der Waals surface area contributed by atoms with Crippen molar-refractivity contribution in [3.8, 4) is 0 Å². The van der Waals surface area contributed by atoms with Gasteiger partial charge >= 0.3 is 0 Å². The molecule has 8 heteroatoms. The lowest BCUT2D eigenvalue weighted by atomic mass is 9.93. The minimum Gasteiger partial charge on any atom is -0.354 e. The SMILES string of the molecule is COC(CNC(=O)CN1C(=O)/C(=C\c2cccc(Br)c2)SC2CCCCC21)OC. The molecule has 0 radical (unpaired) electrons. The van der Waals surface area contributed by atoms with E-state index in [1.807, 2.05) is 30.3 Å². The van der Waals surface area contributed by atoms with E-state index in [0.717, 1.165) is 35.7 Å². The van der Waals surface area contributed by atoms with Crippen molar-refractivity contribution in [2.75, 3.05) is 27.3 Å². The van der Waals surface area contributed by atoms with E-state index in [0.29, 0.717) is 10.2 Å². The number of thioether (sulfide) groups is 1. The molecule has 2 fully saturated rings. The van der Waals surface area contributed by atoms with Crippen LogP contribution < -0.4 is 5.32 Å². The van der Waals surface area contributed by atoms with Crippen LogP contribution in [0.2, 0.25) is 0 Å². The summed E-state index contributed by atoms with van der Waals surface area (Å²) in [4.78, 5) is 28.2. The van der Waals surface area contributed by atoms with Gasteiger partial charge in [0.2, 0.25) is 5.91 Å². The van der Waals surface area contributed by atoms with E-state index >= 15 is 0 Å². The van der Waals surface area contributed by atoms with Crippen molar-refractivity contribution >= 4 is 45.6 Å². The normalized spacial score (nSPS) is 23.4. The number of hydrogen-bond donors (Lipinski definition) is 1. The lowest BCUT2D eigenvalue weighted by molar-refractivity contribution is -0.137. The van der Waals surface area contributed by atoms with Crippen LogP contribution in [-0.4, -0.2) is 61.6 Å². The Bertz CT molecular complexity index is 769. The summed E-state index contributed by atoms with van der Waals surface area (Å²) in [7, 11) is 3.05. The van der Waals surface area contributed by atoms with Crippen LogP contribution in [-0.2, 0) is 19.1 Å². The molecule has 1 saturated heterocycles. The molecule has 2 unspecified atom stereocenters. The van der Waals surface area contributed by atoms with Gasteiger partial charge in [-0.15, -0.1) is 11.8 Å². The van der Waals surface area contributed by atoms with Crippen LogP contribution in [0.15, 0.2) is 33.6 Å². The number of rotatable bonds is 7. The first-order chi connectivity index (χ1) is 14.0. The Labute approximate surface area is 184 Å². The second-order valence-electron chi connectivity index (χ2n) is 7.21. The molecular formula is C21H27BrN2O4S. The molecule has 1 aliphatic heterocycles. The third-order valence-electron chi connectivity index (χ3n) is 5.27. The number of nitrogens with zero attached hydrogens (tertiary/aromatic N) is 1. The van der Waals surface area contributed by atoms with Gasteiger partial charge in [-0.25, -0.2) is 0 Å². The van der Waals surface area contributed by atoms with Crippen molar-refractivity contribution in [1.29, 1.82) is 0 Å². The van der Waals surface area contributed by atoms with Crippen molar-refractivity contribution < 1.29 is 19.1 Å². The molecular weight excluding hydrogens is 456 g/mol. The third kappa shape index (κ3) is 5.84. The molecule has 1 N–H and O–H groups in total. The van der Waals surface area contributed by atoms with Crippen LogP contribution in [0.5, 0.6) is 0 Å². The molecule has 1 heterocycles. The smallest absolute Gasteiger partial charge is 0.261 e. The summed E-state index contributed by atoms with van der Waals surface area (Å²) in [5.41, 5.74) is 0.969. The Morgan fingerprint density at radius 3 is 2.83 bits per heavy atom. The molecule has 29 heavy (non-hydrogen) atoms. The van der Waals surface area contributed by atoms with Crippen molar-refractivity contribution in [1.82, 2.24) is 10.2 Å². The Morgan fingerprint density at radius 1 is 1.34 bits per heavy atom. The number of carbonyl (C=O) groups excluding carboxylic acids is 2. The maximum absolute atomic E-state index is 13.3. The summed E-state index contributed by atoms with van der Waals surface area (Å²) in [6.45, 7) is 0.300. The number of nitrogens with one attached hydrogen (secondary N) is 1. The van der Waals surface area contributed by atoms with Gasteiger partial charge in [0.15, 0.2) is 6.29 Å². The number of benzene rings is 1. The number of carbonyl (C=O) groups is 2. The highest BCUT2D eigenvalue weighted by Gasteiger charge is 2.41. The number of methoxy groups -OCH3 is 2. The van der Waals surface area contributed by atoms with Crippen LogP contribution in [0, 0.1) is 0 Å². The van der Waals surface area contributed by atoms with Crippen LogP contribution in [0.4, 0.5) is 0 Å². The van der Waals surface area contributed by atoms with E-state index in [1.54, 1.807) is 16.7 Å². The van der Waals surface area contributed by atoms with E-state index in [9.17, 15) is 9.59 Å². The standard InChI is InChI=1S/C21H27BrN2O4S/c1-27-20(28-2)12-23-19(25)13-24-16-8-3-4-9-17(16)29-18(21(24)26)11-14-6-5-7-15(22)10-14/h5-7,10-11,16-17,20H,3-4,8-9,12-13H2,1-2H3,(H,23,25)/b18-11+. The van der Waals surface area contributed by atoms with Gasteiger partial charge in [0.05, 0.1) is 11.4 Å². The molecule has 1 aromatic rings. The molecule has 2 aliphatic rings. The second kappa shape index (κ2) is 10.6. The van der Waals surface area contributed by atoms with E-state index < -0.39 is 6.29 Å². The quantitative estimate of drug-likeness (QED) is 0.476. The van der Waals surface area contributed by atoms with E-state index in [4.69, 9.17) is 9.47 Å². The molecule has 1 aromatic carbocycles. The first-order valence-corrected chi connectivity index (χ1v) is 11.5. The average Bonchev–Trinajstić information content (AvgIpc) is 2.72. The average molecular weight is 483 g/mol. The Morgan fingerprint density at radius 2 is 2.10 bits per heavy atom. The maximum atomic E-state index is 13.3. The lowest BCUT2D eigenvalue weighted by Gasteiger charge is -2.43. The van der Waals surface area contributed by atoms with Crippen LogP contribution in [0.1, 0.15) is 31.2 Å². The van der Waals surface area contributed by atoms with E-state index in [1.165, 1.54) is 14.2 Å². The van der Waals surface area contributed by atoms with Crippen LogP contribution >= 0.6 is 27.7 Å². The van der Waals surface area contributed by atoms with Gasteiger partial charge < -0.3 is 19.7 Å². The number of fused-ring (bicyclic) bond motifs is 1. The van der Waals surface area contributed by atoms with Crippen LogP contribution in [0.25, 0.3) is 6.08 Å². The molecule has 0 aromatic heterocycles. The lowest BCUT2D eigenvalue weighted by Crippen LogP contribution is -2.54. The molecule has 158 valence electrons. The summed E-state index contributed by atoms with van der Waals surface area (Å²) in [6, 6.07) is 7.97. The Balaban J connectivity index is 1.76. The van der Waals surface area contributed by atoms with Crippen molar-refractivity contribution in [2.45, 2.75) is 43.3 Å². The van der Waals surface area contributed by atoms with Gasteiger partial charge in [0, 0.05) is 30.0 Å². The fourth-order valence-corrected chi connectivity index (χ4v) is 5.67. The van der Waals surface area contributed by atoms with Crippen LogP contribution in [0.3, 0.4) is 0 Å². The van der Waals surface area contributed by atoms with Gasteiger partial charge in [0.1, 0.15) is 6.54 Å². The van der Waals surface area contributed by atoms with Gasteiger partial charge in [-0.05, 0) is 36.6 Å². The summed E-state index contributed by atoms with van der Waals surface area (Å²) >= 11 is 5.14. The zero-order chi connectivity index (χ0) is 20.8. The molecule has 1 aliphatic carbocycles. The van der Waals surface area contributed by atoms with Gasteiger partial charge in [-0.1, -0.05) is 40.9 Å². The molecule has 6 nitrogen and oxygen atoms in total. The maximum Gasteiger partial charge on any atom is 0.261 e. The number of halogens is 1. The fourth-order valence-electron chi connectivity index (χ4n) is 3.78. The topological polar surface area (TPSA) is 67.9 Å². The molecule has 2 atom stereocenters. The van der Waals surface area contributed by atoms with Crippen molar-refractivity contribution in [2.24, 2.45) is 0 Å². The van der Waals surface area contributed by atoms with E-state index in [-0.39, 0.29) is 30.9 Å². The predicted octanol–water partition coefficient (Wildman–Crippen LogP) is 3.41. The molecule has 0 bridgehead atoms. The molecule has 1 saturated carbocycles. The Hall–Kier alpha value is -1.35. The Kier molecular flexibility index (Phi) is 8.17. The van der Waals surface area contributed by atoms with Gasteiger partial charge in [-0.3, -0.25) is 9.59 Å². The monoisotopic (exact) mass is 482 g/mol. The minimum atomic E-state index is -0.499. The summed E-state index contributed by atoms with van der Waals surface area (Å²) in [6.07, 6.45) is 5.69. The van der Waals surface area contributed by atoms with Gasteiger partial charge in [-0.2, -0.15) is 0 Å². The highest BCUT2D eigenvalue weighted by Crippen LogP contribution is 2.42. The van der Waals surface area contributed by atoms with E-state index in [2.05, 4.69) is 21.2 Å². The second-order valence-corrected chi connectivity index (χ2v) is 9.41. The number of hydrogen-bond acceptors (Lipinski definition) is 5. The summed E-state index contributed by atoms with van der Waals surface area (Å²) in [5, 5.41) is 3.14. The number of amides is 2. The molecule has 0 spiro atoms. The first kappa shape index (κ1) is 22.3.